The highest BCUT2D eigenvalue weighted by Gasteiger charge is 2.29. The first-order valence-electron chi connectivity index (χ1n) is 10.5. The fourth-order valence-electron chi connectivity index (χ4n) is 3.64. The number of carbonyl (C=O) groups excluding carboxylic acids is 1. The summed E-state index contributed by atoms with van der Waals surface area (Å²) in [4.78, 5) is 17.2. The van der Waals surface area contributed by atoms with Crippen LogP contribution in [0.25, 0.3) is 0 Å². The van der Waals surface area contributed by atoms with Crippen LogP contribution in [0.1, 0.15) is 24.5 Å². The van der Waals surface area contributed by atoms with Crippen LogP contribution in [0.2, 0.25) is 0 Å². The van der Waals surface area contributed by atoms with Gasteiger partial charge in [0.2, 0.25) is 15.9 Å². The molecule has 2 aromatic carbocycles. The van der Waals surface area contributed by atoms with Gasteiger partial charge in [0.1, 0.15) is 0 Å². The van der Waals surface area contributed by atoms with Gasteiger partial charge >= 0.3 is 0 Å². The van der Waals surface area contributed by atoms with E-state index >= 15 is 0 Å². The molecule has 0 aliphatic carbocycles. The number of sulfonamides is 1. The summed E-state index contributed by atoms with van der Waals surface area (Å²) in [5, 5.41) is 0. The van der Waals surface area contributed by atoms with Gasteiger partial charge in [-0.05, 0) is 31.0 Å². The molecule has 1 aliphatic rings. The molecule has 1 fully saturated rings. The maximum absolute atomic E-state index is 12.9. The number of benzene rings is 2. The number of nitrogens with zero attached hydrogens (tertiary/aromatic N) is 3. The average molecular weight is 430 g/mol. The molecular weight excluding hydrogens is 398 g/mol. The monoisotopic (exact) mass is 429 g/mol. The first kappa shape index (κ1) is 22.5. The molecular formula is C23H31N3O3S. The standard InChI is InChI=1S/C23H31N3O3S/c1-3-13-25(18-21-11-9-20(2)10-12-21)23(27)19-24-14-16-26(17-15-24)30(28,29)22-7-5-4-6-8-22/h4-12H,3,13-19H2,1-2H3. The van der Waals surface area contributed by atoms with Crippen molar-refractivity contribution in [1.82, 2.24) is 14.1 Å². The van der Waals surface area contributed by atoms with Crippen LogP contribution in [0, 0.1) is 6.92 Å². The topological polar surface area (TPSA) is 60.9 Å². The molecule has 6 nitrogen and oxygen atoms in total. The van der Waals surface area contributed by atoms with E-state index in [0.29, 0.717) is 44.2 Å². The van der Waals surface area contributed by atoms with Crippen molar-refractivity contribution < 1.29 is 13.2 Å². The van der Waals surface area contributed by atoms with E-state index in [-0.39, 0.29) is 5.91 Å². The molecule has 1 aliphatic heterocycles. The van der Waals surface area contributed by atoms with Crippen LogP contribution in [-0.4, -0.2) is 67.7 Å². The van der Waals surface area contributed by atoms with Gasteiger partial charge in [0.25, 0.3) is 0 Å². The highest BCUT2D eigenvalue weighted by Crippen LogP contribution is 2.17. The van der Waals surface area contributed by atoms with E-state index in [1.807, 2.05) is 4.90 Å². The summed E-state index contributed by atoms with van der Waals surface area (Å²) in [6, 6.07) is 16.8. The second-order valence-electron chi connectivity index (χ2n) is 7.79. The van der Waals surface area contributed by atoms with Crippen LogP contribution in [0.3, 0.4) is 0 Å². The highest BCUT2D eigenvalue weighted by molar-refractivity contribution is 7.89. The van der Waals surface area contributed by atoms with Crippen molar-refractivity contribution in [2.75, 3.05) is 39.3 Å². The lowest BCUT2D eigenvalue weighted by Crippen LogP contribution is -2.51. The fourth-order valence-corrected chi connectivity index (χ4v) is 5.08. The summed E-state index contributed by atoms with van der Waals surface area (Å²) in [6.07, 6.45) is 0.903. The largest absolute Gasteiger partial charge is 0.337 e. The van der Waals surface area contributed by atoms with Crippen molar-refractivity contribution in [1.29, 1.82) is 0 Å². The summed E-state index contributed by atoms with van der Waals surface area (Å²) >= 11 is 0. The van der Waals surface area contributed by atoms with Crippen LogP contribution in [0.4, 0.5) is 0 Å². The summed E-state index contributed by atoms with van der Waals surface area (Å²) < 4.78 is 27.1. The van der Waals surface area contributed by atoms with Crippen LogP contribution >= 0.6 is 0 Å². The van der Waals surface area contributed by atoms with E-state index in [1.54, 1.807) is 30.3 Å². The number of piperazine rings is 1. The van der Waals surface area contributed by atoms with E-state index in [9.17, 15) is 13.2 Å². The molecule has 1 heterocycles. The lowest BCUT2D eigenvalue weighted by Gasteiger charge is -2.34. The first-order valence-corrected chi connectivity index (χ1v) is 11.9. The van der Waals surface area contributed by atoms with Crippen LogP contribution in [-0.2, 0) is 21.4 Å². The SMILES string of the molecule is CCCN(Cc1ccc(C)cc1)C(=O)CN1CCN(S(=O)(=O)c2ccccc2)CC1. The van der Waals surface area contributed by atoms with Crippen LogP contribution < -0.4 is 0 Å². The lowest BCUT2D eigenvalue weighted by molar-refractivity contribution is -0.133. The van der Waals surface area contributed by atoms with Gasteiger partial charge in [-0.2, -0.15) is 4.31 Å². The summed E-state index contributed by atoms with van der Waals surface area (Å²) in [5.41, 5.74) is 2.33. The molecule has 1 saturated heterocycles. The van der Waals surface area contributed by atoms with Crippen molar-refractivity contribution in [2.24, 2.45) is 0 Å². The van der Waals surface area contributed by atoms with Gasteiger partial charge in [-0.1, -0.05) is 55.0 Å². The number of hydrogen-bond donors (Lipinski definition) is 0. The predicted molar refractivity (Wildman–Crippen MR) is 119 cm³/mol. The summed E-state index contributed by atoms with van der Waals surface area (Å²) in [7, 11) is -3.47. The van der Waals surface area contributed by atoms with Crippen molar-refractivity contribution in [3.8, 4) is 0 Å². The van der Waals surface area contributed by atoms with Gasteiger partial charge in [0.15, 0.2) is 0 Å². The minimum absolute atomic E-state index is 0.0943. The quantitative estimate of drug-likeness (QED) is 0.647. The van der Waals surface area contributed by atoms with Gasteiger partial charge in [-0.15, -0.1) is 0 Å². The Kier molecular flexibility index (Phi) is 7.64. The van der Waals surface area contributed by atoms with Gasteiger partial charge in [0, 0.05) is 39.3 Å². The Hall–Kier alpha value is -2.22. The Morgan fingerprint density at radius 3 is 2.20 bits per heavy atom. The van der Waals surface area contributed by atoms with Crippen molar-refractivity contribution in [3.05, 3.63) is 65.7 Å². The molecule has 0 N–H and O–H groups in total. The average Bonchev–Trinajstić information content (AvgIpc) is 2.76. The third-order valence-corrected chi connectivity index (χ3v) is 7.32. The zero-order valence-electron chi connectivity index (χ0n) is 17.8. The van der Waals surface area contributed by atoms with E-state index < -0.39 is 10.0 Å². The molecule has 1 amide bonds. The van der Waals surface area contributed by atoms with Crippen LogP contribution in [0.15, 0.2) is 59.5 Å². The van der Waals surface area contributed by atoms with Crippen molar-refractivity contribution in [3.63, 3.8) is 0 Å². The molecule has 0 radical (unpaired) electrons. The number of carbonyl (C=O) groups is 1. The zero-order valence-corrected chi connectivity index (χ0v) is 18.6. The number of aryl methyl sites for hydroxylation is 1. The molecule has 0 atom stereocenters. The molecule has 30 heavy (non-hydrogen) atoms. The Morgan fingerprint density at radius 2 is 1.60 bits per heavy atom. The van der Waals surface area contributed by atoms with Crippen molar-refractivity contribution >= 4 is 15.9 Å². The lowest BCUT2D eigenvalue weighted by atomic mass is 10.1. The van der Waals surface area contributed by atoms with Gasteiger partial charge < -0.3 is 4.90 Å². The minimum atomic E-state index is -3.47. The third-order valence-electron chi connectivity index (χ3n) is 5.41. The molecule has 2 aromatic rings. The Balaban J connectivity index is 1.56. The fraction of sp³-hybridized carbons (Fsp3) is 0.435. The van der Waals surface area contributed by atoms with Crippen LogP contribution in [0.5, 0.6) is 0 Å². The smallest absolute Gasteiger partial charge is 0.243 e. The van der Waals surface area contributed by atoms with E-state index in [0.717, 1.165) is 18.5 Å². The van der Waals surface area contributed by atoms with E-state index in [2.05, 4.69) is 43.0 Å². The molecule has 7 heteroatoms. The van der Waals surface area contributed by atoms with E-state index in [4.69, 9.17) is 0 Å². The Bertz CT molecular complexity index is 922. The van der Waals surface area contributed by atoms with Crippen molar-refractivity contribution in [2.45, 2.75) is 31.7 Å². The zero-order chi connectivity index (χ0) is 21.6. The highest BCUT2D eigenvalue weighted by atomic mass is 32.2. The molecule has 0 spiro atoms. The van der Waals surface area contributed by atoms with Gasteiger partial charge in [0.05, 0.1) is 11.4 Å². The first-order chi connectivity index (χ1) is 14.4. The second-order valence-corrected chi connectivity index (χ2v) is 9.73. The molecule has 0 bridgehead atoms. The second kappa shape index (κ2) is 10.2. The Labute approximate surface area is 180 Å². The van der Waals surface area contributed by atoms with Gasteiger partial charge in [-0.25, -0.2) is 8.42 Å². The Morgan fingerprint density at radius 1 is 0.967 bits per heavy atom. The maximum Gasteiger partial charge on any atom is 0.243 e. The number of rotatable bonds is 8. The minimum Gasteiger partial charge on any atom is -0.337 e. The number of hydrogen-bond acceptors (Lipinski definition) is 4. The molecule has 0 aromatic heterocycles. The molecule has 162 valence electrons. The molecule has 3 rings (SSSR count). The normalized spacial score (nSPS) is 15.8. The molecule has 0 saturated carbocycles. The van der Waals surface area contributed by atoms with E-state index in [1.165, 1.54) is 9.87 Å². The third kappa shape index (κ3) is 5.68. The van der Waals surface area contributed by atoms with Gasteiger partial charge in [-0.3, -0.25) is 9.69 Å². The predicted octanol–water partition coefficient (Wildman–Crippen LogP) is 2.74. The summed E-state index contributed by atoms with van der Waals surface area (Å²) in [6.45, 7) is 7.69. The molecule has 0 unspecified atom stereocenters. The summed E-state index contributed by atoms with van der Waals surface area (Å²) in [5.74, 6) is 0.0943. The maximum atomic E-state index is 12.9. The number of amides is 1.